The normalized spacial score (nSPS) is 11.0. The van der Waals surface area contributed by atoms with E-state index in [0.29, 0.717) is 29.6 Å². The molecule has 0 aliphatic heterocycles. The van der Waals surface area contributed by atoms with Crippen LogP contribution < -0.4 is 4.74 Å². The van der Waals surface area contributed by atoms with Crippen LogP contribution in [-0.4, -0.2) is 25.8 Å². The highest BCUT2D eigenvalue weighted by Crippen LogP contribution is 2.32. The first-order valence-electron chi connectivity index (χ1n) is 10.6. The predicted molar refractivity (Wildman–Crippen MR) is 124 cm³/mol. The number of carboxylic acids is 1. The lowest BCUT2D eigenvalue weighted by atomic mass is 10.1. The minimum Gasteiger partial charge on any atom is -0.486 e. The smallest absolute Gasteiger partial charge is 0.305 e. The van der Waals surface area contributed by atoms with Crippen LogP contribution in [0.15, 0.2) is 89.5 Å². The SMILES string of the molecule is O=C(O)CCn1ncc2c(OCc3nc(-c4ccccc4)oc3-c3ccccc3)cccc21. The van der Waals surface area contributed by atoms with E-state index < -0.39 is 5.97 Å². The number of hydrogen-bond acceptors (Lipinski definition) is 5. The molecule has 5 aromatic rings. The Labute approximate surface area is 189 Å². The number of rotatable bonds is 8. The van der Waals surface area contributed by atoms with Gasteiger partial charge in [0.2, 0.25) is 5.89 Å². The number of carboxylic acid groups (broad SMARTS) is 1. The quantitative estimate of drug-likeness (QED) is 0.348. The molecule has 0 amide bonds. The Kier molecular flexibility index (Phi) is 5.59. The second kappa shape index (κ2) is 9.00. The lowest BCUT2D eigenvalue weighted by Gasteiger charge is -2.07. The van der Waals surface area contributed by atoms with Crippen LogP contribution in [0.5, 0.6) is 5.75 Å². The molecule has 2 aromatic heterocycles. The number of aliphatic carboxylic acids is 1. The van der Waals surface area contributed by atoms with Crippen molar-refractivity contribution >= 4 is 16.9 Å². The van der Waals surface area contributed by atoms with Crippen molar-refractivity contribution in [2.75, 3.05) is 0 Å². The van der Waals surface area contributed by atoms with Gasteiger partial charge in [-0.2, -0.15) is 5.10 Å². The summed E-state index contributed by atoms with van der Waals surface area (Å²) in [7, 11) is 0. The fourth-order valence-corrected chi connectivity index (χ4v) is 3.70. The van der Waals surface area contributed by atoms with Crippen LogP contribution in [0.1, 0.15) is 12.1 Å². The maximum Gasteiger partial charge on any atom is 0.305 e. The van der Waals surface area contributed by atoms with Gasteiger partial charge >= 0.3 is 5.97 Å². The molecule has 0 aliphatic carbocycles. The number of oxazole rings is 1. The predicted octanol–water partition coefficient (Wildman–Crippen LogP) is 5.41. The van der Waals surface area contributed by atoms with Gasteiger partial charge in [0, 0.05) is 11.1 Å². The molecular weight excluding hydrogens is 418 g/mol. The zero-order valence-corrected chi connectivity index (χ0v) is 17.7. The highest BCUT2D eigenvalue weighted by atomic mass is 16.5. The number of aryl methyl sites for hydroxylation is 1. The first-order valence-corrected chi connectivity index (χ1v) is 10.6. The van der Waals surface area contributed by atoms with Gasteiger partial charge in [0.25, 0.3) is 0 Å². The van der Waals surface area contributed by atoms with E-state index in [4.69, 9.17) is 19.2 Å². The largest absolute Gasteiger partial charge is 0.486 e. The van der Waals surface area contributed by atoms with Crippen LogP contribution in [0, 0.1) is 0 Å². The van der Waals surface area contributed by atoms with Crippen LogP contribution in [0.4, 0.5) is 0 Å². The molecule has 1 N–H and O–H groups in total. The molecule has 7 nitrogen and oxygen atoms in total. The van der Waals surface area contributed by atoms with Gasteiger partial charge in [-0.3, -0.25) is 9.48 Å². The van der Waals surface area contributed by atoms with E-state index in [9.17, 15) is 4.79 Å². The standard InChI is InChI=1S/C26H21N3O4/c30-24(31)14-15-29-22-12-7-13-23(20(22)16-27-29)32-17-21-25(18-8-3-1-4-9-18)33-26(28-21)19-10-5-2-6-11-19/h1-13,16H,14-15,17H2,(H,30,31). The first-order chi connectivity index (χ1) is 16.2. The third kappa shape index (κ3) is 4.34. The van der Waals surface area contributed by atoms with Crippen LogP contribution in [0.3, 0.4) is 0 Å². The number of ether oxygens (including phenoxy) is 1. The Hall–Kier alpha value is -4.39. The molecule has 0 bridgehead atoms. The van der Waals surface area contributed by atoms with Crippen molar-refractivity contribution < 1.29 is 19.1 Å². The van der Waals surface area contributed by atoms with Crippen LogP contribution in [0.2, 0.25) is 0 Å². The molecule has 0 spiro atoms. The van der Waals surface area contributed by atoms with Gasteiger partial charge in [0.05, 0.1) is 30.1 Å². The zero-order chi connectivity index (χ0) is 22.6. The Balaban J connectivity index is 1.45. The second-order valence-corrected chi connectivity index (χ2v) is 7.52. The highest BCUT2D eigenvalue weighted by molar-refractivity contribution is 5.85. The second-order valence-electron chi connectivity index (χ2n) is 7.52. The zero-order valence-electron chi connectivity index (χ0n) is 17.7. The summed E-state index contributed by atoms with van der Waals surface area (Å²) in [5.74, 6) is 0.989. The number of fused-ring (bicyclic) bond motifs is 1. The van der Waals surface area contributed by atoms with Crippen molar-refractivity contribution in [1.29, 1.82) is 0 Å². The number of carbonyl (C=O) groups is 1. The maximum atomic E-state index is 10.9. The van der Waals surface area contributed by atoms with Crippen LogP contribution in [-0.2, 0) is 17.9 Å². The third-order valence-corrected chi connectivity index (χ3v) is 5.30. The molecule has 164 valence electrons. The van der Waals surface area contributed by atoms with Gasteiger partial charge in [-0.25, -0.2) is 4.98 Å². The molecule has 2 heterocycles. The van der Waals surface area contributed by atoms with Gasteiger partial charge in [-0.15, -0.1) is 0 Å². The van der Waals surface area contributed by atoms with E-state index in [1.165, 1.54) is 0 Å². The fraction of sp³-hybridized carbons (Fsp3) is 0.115. The average Bonchev–Trinajstić information content (AvgIpc) is 3.47. The molecule has 33 heavy (non-hydrogen) atoms. The molecule has 0 saturated heterocycles. The van der Waals surface area contributed by atoms with Crippen molar-refractivity contribution in [3.8, 4) is 28.5 Å². The van der Waals surface area contributed by atoms with E-state index in [-0.39, 0.29) is 13.0 Å². The summed E-state index contributed by atoms with van der Waals surface area (Å²) in [5, 5.41) is 14.1. The lowest BCUT2D eigenvalue weighted by Crippen LogP contribution is -2.05. The van der Waals surface area contributed by atoms with E-state index in [0.717, 1.165) is 22.0 Å². The Morgan fingerprint density at radius 3 is 2.39 bits per heavy atom. The van der Waals surface area contributed by atoms with Crippen LogP contribution >= 0.6 is 0 Å². The Morgan fingerprint density at radius 1 is 0.939 bits per heavy atom. The molecule has 7 heteroatoms. The summed E-state index contributed by atoms with van der Waals surface area (Å²) >= 11 is 0. The topological polar surface area (TPSA) is 90.4 Å². The number of hydrogen-bond donors (Lipinski definition) is 1. The van der Waals surface area contributed by atoms with Gasteiger partial charge in [-0.1, -0.05) is 54.6 Å². The van der Waals surface area contributed by atoms with Crippen molar-refractivity contribution in [2.24, 2.45) is 0 Å². The summed E-state index contributed by atoms with van der Waals surface area (Å²) in [6.07, 6.45) is 1.70. The molecule has 0 saturated carbocycles. The highest BCUT2D eigenvalue weighted by Gasteiger charge is 2.18. The van der Waals surface area contributed by atoms with Crippen LogP contribution in [0.25, 0.3) is 33.7 Å². The number of aromatic nitrogens is 3. The summed E-state index contributed by atoms with van der Waals surface area (Å²) in [4.78, 5) is 15.7. The minimum absolute atomic E-state index is 0.00347. The molecule has 0 fully saturated rings. The van der Waals surface area contributed by atoms with Gasteiger partial charge in [0.15, 0.2) is 5.76 Å². The van der Waals surface area contributed by atoms with Crippen molar-refractivity contribution in [2.45, 2.75) is 19.6 Å². The monoisotopic (exact) mass is 439 g/mol. The molecule has 0 unspecified atom stereocenters. The Bertz CT molecular complexity index is 1390. The molecule has 0 atom stereocenters. The first kappa shape index (κ1) is 20.5. The van der Waals surface area contributed by atoms with Gasteiger partial charge < -0.3 is 14.3 Å². The number of nitrogens with zero attached hydrogens (tertiary/aromatic N) is 3. The minimum atomic E-state index is -0.861. The molecular formula is C26H21N3O4. The van der Waals surface area contributed by atoms with Crippen molar-refractivity contribution in [1.82, 2.24) is 14.8 Å². The van der Waals surface area contributed by atoms with E-state index in [1.807, 2.05) is 78.9 Å². The van der Waals surface area contributed by atoms with Crippen molar-refractivity contribution in [3.05, 3.63) is 90.8 Å². The third-order valence-electron chi connectivity index (χ3n) is 5.30. The maximum absolute atomic E-state index is 10.9. The average molecular weight is 439 g/mol. The molecule has 0 aliphatic rings. The van der Waals surface area contributed by atoms with Gasteiger partial charge in [-0.05, 0) is 24.3 Å². The summed E-state index contributed by atoms with van der Waals surface area (Å²) in [5.41, 5.74) is 3.32. The number of benzene rings is 3. The molecule has 0 radical (unpaired) electrons. The van der Waals surface area contributed by atoms with E-state index in [2.05, 4.69) is 5.10 Å². The Morgan fingerprint density at radius 2 is 1.67 bits per heavy atom. The summed E-state index contributed by atoms with van der Waals surface area (Å²) in [6.45, 7) is 0.504. The van der Waals surface area contributed by atoms with Gasteiger partial charge in [0.1, 0.15) is 18.1 Å². The lowest BCUT2D eigenvalue weighted by molar-refractivity contribution is -0.137. The molecule has 3 aromatic carbocycles. The van der Waals surface area contributed by atoms with E-state index in [1.54, 1.807) is 10.9 Å². The molecule has 5 rings (SSSR count). The summed E-state index contributed by atoms with van der Waals surface area (Å²) in [6, 6.07) is 25.2. The summed E-state index contributed by atoms with van der Waals surface area (Å²) < 4.78 is 14.0. The van der Waals surface area contributed by atoms with Crippen molar-refractivity contribution in [3.63, 3.8) is 0 Å². The van der Waals surface area contributed by atoms with E-state index >= 15 is 0 Å². The fourth-order valence-electron chi connectivity index (χ4n) is 3.70.